The van der Waals surface area contributed by atoms with Gasteiger partial charge in [0.25, 0.3) is 0 Å². The van der Waals surface area contributed by atoms with Crippen LogP contribution in [0.25, 0.3) is 0 Å². The highest BCUT2D eigenvalue weighted by Gasteiger charge is 2.18. The Balaban J connectivity index is 2.28. The van der Waals surface area contributed by atoms with Gasteiger partial charge in [0, 0.05) is 19.4 Å². The van der Waals surface area contributed by atoms with Crippen LogP contribution >= 0.6 is 0 Å². The molecule has 0 saturated carbocycles. The zero-order valence-corrected chi connectivity index (χ0v) is 9.68. The number of carboxylic acid groups (broad SMARTS) is 1. The molecule has 3 N–H and O–H groups in total. The lowest BCUT2D eigenvalue weighted by molar-refractivity contribution is -0.139. The molecule has 18 heavy (non-hydrogen) atoms. The summed E-state index contributed by atoms with van der Waals surface area (Å²) in [5.74, 6) is 1.78. The number of aliphatic carboxylic acids is 1. The first-order valence-electron chi connectivity index (χ1n) is 5.36. The van der Waals surface area contributed by atoms with Gasteiger partial charge in [-0.05, 0) is 12.1 Å². The zero-order valence-electron chi connectivity index (χ0n) is 9.68. The Hall–Kier alpha value is -2.42. The Labute approximate surface area is 104 Å². The van der Waals surface area contributed by atoms with Crippen molar-refractivity contribution >= 4 is 12.0 Å². The molecule has 96 valence electrons. The van der Waals surface area contributed by atoms with Crippen molar-refractivity contribution < 1.29 is 19.1 Å². The molecule has 1 heterocycles. The summed E-state index contributed by atoms with van der Waals surface area (Å²) in [6.07, 6.45) is 7.03. The van der Waals surface area contributed by atoms with Crippen LogP contribution in [0.15, 0.2) is 22.8 Å². The number of amides is 2. The summed E-state index contributed by atoms with van der Waals surface area (Å²) in [6.45, 7) is 0.349. The zero-order chi connectivity index (χ0) is 13.4. The first-order chi connectivity index (χ1) is 8.63. The van der Waals surface area contributed by atoms with E-state index in [4.69, 9.17) is 15.9 Å². The van der Waals surface area contributed by atoms with Crippen molar-refractivity contribution in [3.05, 3.63) is 24.2 Å². The summed E-state index contributed by atoms with van der Waals surface area (Å²) in [4.78, 5) is 22.1. The fourth-order valence-electron chi connectivity index (χ4n) is 1.28. The van der Waals surface area contributed by atoms with Gasteiger partial charge < -0.3 is 20.2 Å². The van der Waals surface area contributed by atoms with Crippen LogP contribution in [0.3, 0.4) is 0 Å². The summed E-state index contributed by atoms with van der Waals surface area (Å²) in [6, 6.07) is 1.91. The average Bonchev–Trinajstić information content (AvgIpc) is 2.81. The van der Waals surface area contributed by atoms with Gasteiger partial charge in [0.15, 0.2) is 0 Å². The lowest BCUT2D eigenvalue weighted by Gasteiger charge is -2.12. The summed E-state index contributed by atoms with van der Waals surface area (Å²) < 4.78 is 5.08. The van der Waals surface area contributed by atoms with E-state index in [1.807, 2.05) is 0 Å². The maximum atomic E-state index is 11.4. The Bertz CT molecular complexity index is 433. The second-order valence-corrected chi connectivity index (χ2v) is 3.53. The van der Waals surface area contributed by atoms with Gasteiger partial charge in [-0.15, -0.1) is 12.3 Å². The van der Waals surface area contributed by atoms with E-state index in [1.54, 1.807) is 18.4 Å². The second-order valence-electron chi connectivity index (χ2n) is 3.53. The molecule has 6 nitrogen and oxygen atoms in total. The van der Waals surface area contributed by atoms with Gasteiger partial charge in [-0.2, -0.15) is 0 Å². The van der Waals surface area contributed by atoms with E-state index < -0.39 is 18.0 Å². The minimum atomic E-state index is -1.16. The van der Waals surface area contributed by atoms with Crippen molar-refractivity contribution in [2.45, 2.75) is 18.9 Å². The monoisotopic (exact) mass is 250 g/mol. The third-order valence-electron chi connectivity index (χ3n) is 2.16. The molecule has 0 fully saturated rings. The van der Waals surface area contributed by atoms with Crippen molar-refractivity contribution in [2.75, 3.05) is 6.54 Å². The Morgan fingerprint density at radius 2 is 2.33 bits per heavy atom. The predicted molar refractivity (Wildman–Crippen MR) is 63.8 cm³/mol. The highest BCUT2D eigenvalue weighted by Crippen LogP contribution is 1.99. The molecule has 6 heteroatoms. The van der Waals surface area contributed by atoms with E-state index in [-0.39, 0.29) is 6.42 Å². The van der Waals surface area contributed by atoms with E-state index >= 15 is 0 Å². The van der Waals surface area contributed by atoms with E-state index in [9.17, 15) is 9.59 Å². The first kappa shape index (κ1) is 13.6. The fourth-order valence-corrected chi connectivity index (χ4v) is 1.28. The molecule has 0 aromatic carbocycles. The van der Waals surface area contributed by atoms with Crippen molar-refractivity contribution in [1.82, 2.24) is 10.6 Å². The molecule has 1 unspecified atom stereocenters. The number of hydrogen-bond donors (Lipinski definition) is 3. The standard InChI is InChI=1S/C12H14N2O4/c1-2-4-10(11(15)16)14-12(17)13-7-6-9-5-3-8-18-9/h1,3,5,8,10H,4,6-7H2,(H,15,16)(H2,13,14,17). The predicted octanol–water partition coefficient (Wildman–Crippen LogP) is 0.598. The second kappa shape index (κ2) is 7.01. The molecular formula is C12H14N2O4. The van der Waals surface area contributed by atoms with Gasteiger partial charge in [0.2, 0.25) is 0 Å². The fraction of sp³-hybridized carbons (Fsp3) is 0.333. The topological polar surface area (TPSA) is 91.6 Å². The number of rotatable bonds is 6. The van der Waals surface area contributed by atoms with Gasteiger partial charge in [0.05, 0.1) is 6.26 Å². The van der Waals surface area contributed by atoms with Crippen molar-refractivity contribution in [3.63, 3.8) is 0 Å². The molecular weight excluding hydrogens is 236 g/mol. The lowest BCUT2D eigenvalue weighted by Crippen LogP contribution is -2.46. The molecule has 0 aliphatic rings. The highest BCUT2D eigenvalue weighted by molar-refractivity contribution is 5.82. The smallest absolute Gasteiger partial charge is 0.327 e. The average molecular weight is 250 g/mol. The molecule has 1 aromatic heterocycles. The Kier molecular flexibility index (Phi) is 5.32. The van der Waals surface area contributed by atoms with Crippen molar-refractivity contribution in [2.24, 2.45) is 0 Å². The Morgan fingerprint density at radius 3 is 2.89 bits per heavy atom. The normalized spacial score (nSPS) is 11.3. The van der Waals surface area contributed by atoms with Crippen LogP contribution in [0, 0.1) is 12.3 Å². The Morgan fingerprint density at radius 1 is 1.56 bits per heavy atom. The summed E-state index contributed by atoms with van der Waals surface area (Å²) in [5, 5.41) is 13.6. The number of hydrogen-bond acceptors (Lipinski definition) is 3. The van der Waals surface area contributed by atoms with Crippen LogP contribution in [0.2, 0.25) is 0 Å². The molecule has 0 spiro atoms. The highest BCUT2D eigenvalue weighted by atomic mass is 16.4. The minimum Gasteiger partial charge on any atom is -0.480 e. The molecule has 1 atom stereocenters. The quantitative estimate of drug-likeness (QED) is 0.645. The third-order valence-corrected chi connectivity index (χ3v) is 2.16. The first-order valence-corrected chi connectivity index (χ1v) is 5.36. The number of carbonyl (C=O) groups excluding carboxylic acids is 1. The number of carbonyl (C=O) groups is 2. The van der Waals surface area contributed by atoms with Gasteiger partial charge in [-0.3, -0.25) is 0 Å². The van der Waals surface area contributed by atoms with Gasteiger partial charge >= 0.3 is 12.0 Å². The van der Waals surface area contributed by atoms with Gasteiger partial charge in [0.1, 0.15) is 11.8 Å². The van der Waals surface area contributed by atoms with Crippen LogP contribution in [-0.2, 0) is 11.2 Å². The SMILES string of the molecule is C#CCC(NC(=O)NCCc1ccco1)C(=O)O. The minimum absolute atomic E-state index is 0.0546. The van der Waals surface area contributed by atoms with Crippen molar-refractivity contribution in [1.29, 1.82) is 0 Å². The molecule has 2 amide bonds. The van der Waals surface area contributed by atoms with E-state index in [0.717, 1.165) is 5.76 Å². The maximum Gasteiger partial charge on any atom is 0.327 e. The molecule has 0 bridgehead atoms. The third kappa shape index (κ3) is 4.61. The van der Waals surface area contributed by atoms with E-state index in [1.165, 1.54) is 0 Å². The van der Waals surface area contributed by atoms with Crippen LogP contribution in [0.5, 0.6) is 0 Å². The van der Waals surface area contributed by atoms with Crippen LogP contribution in [0.4, 0.5) is 4.79 Å². The van der Waals surface area contributed by atoms with Crippen LogP contribution in [0.1, 0.15) is 12.2 Å². The van der Waals surface area contributed by atoms with Crippen molar-refractivity contribution in [3.8, 4) is 12.3 Å². The largest absolute Gasteiger partial charge is 0.480 e. The summed E-state index contributed by atoms with van der Waals surface area (Å²) in [7, 11) is 0. The molecule has 0 saturated heterocycles. The van der Waals surface area contributed by atoms with Crippen LogP contribution in [-0.4, -0.2) is 29.7 Å². The van der Waals surface area contributed by atoms with Crippen LogP contribution < -0.4 is 10.6 Å². The number of carboxylic acids is 1. The van der Waals surface area contributed by atoms with E-state index in [2.05, 4.69) is 16.6 Å². The molecule has 0 aliphatic carbocycles. The number of urea groups is 1. The lowest BCUT2D eigenvalue weighted by atomic mass is 10.2. The van der Waals surface area contributed by atoms with E-state index in [0.29, 0.717) is 13.0 Å². The summed E-state index contributed by atoms with van der Waals surface area (Å²) >= 11 is 0. The van der Waals surface area contributed by atoms with Gasteiger partial charge in [-0.1, -0.05) is 0 Å². The maximum absolute atomic E-state index is 11.4. The molecule has 0 aliphatic heterocycles. The summed E-state index contributed by atoms with van der Waals surface area (Å²) in [5.41, 5.74) is 0. The number of terminal acetylenes is 1. The van der Waals surface area contributed by atoms with Gasteiger partial charge in [-0.25, -0.2) is 9.59 Å². The number of nitrogens with one attached hydrogen (secondary N) is 2. The molecule has 1 rings (SSSR count). The molecule has 1 aromatic rings. The molecule has 0 radical (unpaired) electrons. The number of furan rings is 1.